The third-order valence-corrected chi connectivity index (χ3v) is 4.04. The van der Waals surface area contributed by atoms with Gasteiger partial charge in [0.15, 0.2) is 6.10 Å². The molecule has 2 heterocycles. The number of carbonyl (C=O) groups excluding carboxylic acids is 1. The molecule has 0 aliphatic carbocycles. The van der Waals surface area contributed by atoms with E-state index in [1.165, 1.54) is 0 Å². The zero-order valence-corrected chi connectivity index (χ0v) is 11.5. The molecule has 108 valence electrons. The molecule has 5 heteroatoms. The van der Waals surface area contributed by atoms with Gasteiger partial charge in [0.05, 0.1) is 24.9 Å². The van der Waals surface area contributed by atoms with E-state index in [0.717, 1.165) is 0 Å². The van der Waals surface area contributed by atoms with Crippen LogP contribution in [0.5, 0.6) is 5.75 Å². The van der Waals surface area contributed by atoms with E-state index in [9.17, 15) is 9.90 Å². The summed E-state index contributed by atoms with van der Waals surface area (Å²) in [6, 6.07) is 4.81. The highest BCUT2D eigenvalue weighted by Gasteiger charge is 2.47. The molecular formula is C15H18O5. The van der Waals surface area contributed by atoms with Crippen molar-refractivity contribution in [2.75, 3.05) is 13.2 Å². The highest BCUT2D eigenvalue weighted by atomic mass is 16.6. The van der Waals surface area contributed by atoms with Crippen molar-refractivity contribution in [3.05, 3.63) is 29.3 Å². The van der Waals surface area contributed by atoms with Crippen LogP contribution in [0.1, 0.15) is 22.8 Å². The first-order chi connectivity index (χ1) is 9.58. The third-order valence-electron chi connectivity index (χ3n) is 4.04. The van der Waals surface area contributed by atoms with Crippen molar-refractivity contribution < 1.29 is 24.1 Å². The number of aromatic hydroxyl groups is 1. The Labute approximate surface area is 117 Å². The lowest BCUT2D eigenvalue weighted by atomic mass is 10.0. The summed E-state index contributed by atoms with van der Waals surface area (Å²) in [5, 5.41) is 9.64. The molecule has 0 saturated carbocycles. The van der Waals surface area contributed by atoms with Crippen LogP contribution in [0.3, 0.4) is 0 Å². The molecule has 2 aliphatic rings. The van der Waals surface area contributed by atoms with E-state index in [1.54, 1.807) is 25.1 Å². The topological polar surface area (TPSA) is 65.0 Å². The second-order valence-corrected chi connectivity index (χ2v) is 5.47. The fraction of sp³-hybridized carbons (Fsp3) is 0.533. The van der Waals surface area contributed by atoms with Gasteiger partial charge in [0.2, 0.25) is 0 Å². The number of phenols is 1. The Kier molecular flexibility index (Phi) is 3.40. The summed E-state index contributed by atoms with van der Waals surface area (Å²) in [7, 11) is 0. The van der Waals surface area contributed by atoms with Crippen LogP contribution in [0.25, 0.3) is 0 Å². The zero-order chi connectivity index (χ0) is 14.3. The molecule has 4 atom stereocenters. The minimum Gasteiger partial charge on any atom is -0.508 e. The molecule has 2 aliphatic heterocycles. The van der Waals surface area contributed by atoms with Crippen LogP contribution in [0.4, 0.5) is 0 Å². The fourth-order valence-corrected chi connectivity index (χ4v) is 2.80. The third kappa shape index (κ3) is 2.17. The van der Waals surface area contributed by atoms with Crippen molar-refractivity contribution in [3.63, 3.8) is 0 Å². The largest absolute Gasteiger partial charge is 0.508 e. The summed E-state index contributed by atoms with van der Waals surface area (Å²) < 4.78 is 16.8. The van der Waals surface area contributed by atoms with Gasteiger partial charge in [-0.05, 0) is 19.1 Å². The van der Waals surface area contributed by atoms with Crippen molar-refractivity contribution in [1.29, 1.82) is 0 Å². The molecule has 0 aromatic heterocycles. The zero-order valence-electron chi connectivity index (χ0n) is 11.5. The lowest BCUT2D eigenvalue weighted by Crippen LogP contribution is -2.33. The Bertz CT molecular complexity index is 527. The maximum atomic E-state index is 12.2. The first-order valence-electron chi connectivity index (χ1n) is 6.80. The molecule has 1 N–H and O–H groups in total. The van der Waals surface area contributed by atoms with E-state index in [-0.39, 0.29) is 24.1 Å². The fourth-order valence-electron chi connectivity index (χ4n) is 2.80. The van der Waals surface area contributed by atoms with Gasteiger partial charge in [-0.15, -0.1) is 0 Å². The number of hydrogen-bond acceptors (Lipinski definition) is 5. The van der Waals surface area contributed by atoms with Gasteiger partial charge in [-0.3, -0.25) is 0 Å². The maximum Gasteiger partial charge on any atom is 0.338 e. The Morgan fingerprint density at radius 1 is 1.30 bits per heavy atom. The Hall–Kier alpha value is -1.59. The van der Waals surface area contributed by atoms with Gasteiger partial charge in [0.25, 0.3) is 0 Å². The molecule has 2 fully saturated rings. The van der Waals surface area contributed by atoms with Gasteiger partial charge < -0.3 is 19.3 Å². The first-order valence-corrected chi connectivity index (χ1v) is 6.80. The van der Waals surface area contributed by atoms with Crippen molar-refractivity contribution in [3.8, 4) is 5.75 Å². The number of fused-ring (bicyclic) bond motifs is 1. The number of benzene rings is 1. The monoisotopic (exact) mass is 278 g/mol. The summed E-state index contributed by atoms with van der Waals surface area (Å²) in [5.74, 6) is -0.0345. The molecule has 20 heavy (non-hydrogen) atoms. The highest BCUT2D eigenvalue weighted by Crippen LogP contribution is 2.33. The Balaban J connectivity index is 1.72. The number of hydrogen-bond donors (Lipinski definition) is 1. The summed E-state index contributed by atoms with van der Waals surface area (Å²) in [5.41, 5.74) is 0.896. The molecule has 1 aromatic carbocycles. The second-order valence-electron chi connectivity index (χ2n) is 5.47. The lowest BCUT2D eigenvalue weighted by molar-refractivity contribution is -0.0159. The molecule has 1 unspecified atom stereocenters. The molecule has 2 saturated heterocycles. The number of carbonyl (C=O) groups is 1. The minimum absolute atomic E-state index is 0.0121. The Morgan fingerprint density at radius 2 is 2.05 bits per heavy atom. The molecule has 0 amide bonds. The molecule has 1 aromatic rings. The average Bonchev–Trinajstić information content (AvgIpc) is 2.97. The predicted octanol–water partition coefficient (Wildman–Crippen LogP) is 1.66. The average molecular weight is 278 g/mol. The normalized spacial score (nSPS) is 32.1. The molecule has 0 radical (unpaired) electrons. The number of ether oxygens (including phenoxy) is 3. The highest BCUT2D eigenvalue weighted by molar-refractivity contribution is 5.91. The van der Waals surface area contributed by atoms with Crippen LogP contribution < -0.4 is 0 Å². The van der Waals surface area contributed by atoms with E-state index in [0.29, 0.717) is 30.3 Å². The summed E-state index contributed by atoms with van der Waals surface area (Å²) in [6.07, 6.45) is -0.538. The van der Waals surface area contributed by atoms with E-state index < -0.39 is 5.97 Å². The van der Waals surface area contributed by atoms with E-state index >= 15 is 0 Å². The molecule has 5 nitrogen and oxygen atoms in total. The quantitative estimate of drug-likeness (QED) is 0.833. The molecule has 0 bridgehead atoms. The first kappa shape index (κ1) is 13.4. The van der Waals surface area contributed by atoms with Crippen LogP contribution in [-0.4, -0.2) is 42.6 Å². The van der Waals surface area contributed by atoms with Gasteiger partial charge in [0.1, 0.15) is 11.9 Å². The van der Waals surface area contributed by atoms with Gasteiger partial charge in [0, 0.05) is 11.5 Å². The lowest BCUT2D eigenvalue weighted by Gasteiger charge is -2.17. The van der Waals surface area contributed by atoms with Crippen LogP contribution in [0.15, 0.2) is 18.2 Å². The number of phenolic OH excluding ortho intramolecular Hbond substituents is 1. The van der Waals surface area contributed by atoms with Crippen molar-refractivity contribution >= 4 is 5.97 Å². The second kappa shape index (κ2) is 5.07. The maximum absolute atomic E-state index is 12.2. The SMILES string of the molecule is Cc1c(O)cccc1C(=O)O[C@@H]1CO[C@@H]2C(C)CO[C@@H]21. The number of esters is 1. The number of rotatable bonds is 2. The molecule has 3 rings (SSSR count). The van der Waals surface area contributed by atoms with Gasteiger partial charge in [-0.2, -0.15) is 0 Å². The Morgan fingerprint density at radius 3 is 2.85 bits per heavy atom. The molecule has 0 spiro atoms. The smallest absolute Gasteiger partial charge is 0.338 e. The van der Waals surface area contributed by atoms with Crippen molar-refractivity contribution in [2.45, 2.75) is 32.2 Å². The van der Waals surface area contributed by atoms with Gasteiger partial charge in [-0.1, -0.05) is 13.0 Å². The van der Waals surface area contributed by atoms with E-state index in [2.05, 4.69) is 6.92 Å². The van der Waals surface area contributed by atoms with Crippen LogP contribution >= 0.6 is 0 Å². The minimum atomic E-state index is -0.448. The van der Waals surface area contributed by atoms with E-state index in [1.807, 2.05) is 0 Å². The summed E-state index contributed by atoms with van der Waals surface area (Å²) in [4.78, 5) is 12.2. The predicted molar refractivity (Wildman–Crippen MR) is 70.7 cm³/mol. The molecular weight excluding hydrogens is 260 g/mol. The van der Waals surface area contributed by atoms with Crippen LogP contribution in [0.2, 0.25) is 0 Å². The van der Waals surface area contributed by atoms with E-state index in [4.69, 9.17) is 14.2 Å². The van der Waals surface area contributed by atoms with Crippen molar-refractivity contribution in [2.24, 2.45) is 5.92 Å². The summed E-state index contributed by atoms with van der Waals surface area (Å²) >= 11 is 0. The van der Waals surface area contributed by atoms with Crippen molar-refractivity contribution in [1.82, 2.24) is 0 Å². The van der Waals surface area contributed by atoms with Crippen LogP contribution in [-0.2, 0) is 14.2 Å². The van der Waals surface area contributed by atoms with Crippen LogP contribution in [0, 0.1) is 12.8 Å². The van der Waals surface area contributed by atoms with Gasteiger partial charge >= 0.3 is 5.97 Å². The standard InChI is InChI=1S/C15H18O5/c1-8-6-18-14-12(7-19-13(8)14)20-15(17)10-4-3-5-11(16)9(10)2/h3-5,8,12-14,16H,6-7H2,1-2H3/t8?,12-,13-,14-/m1/s1. The van der Waals surface area contributed by atoms with Gasteiger partial charge in [-0.25, -0.2) is 4.79 Å². The summed E-state index contributed by atoms with van der Waals surface area (Å²) in [6.45, 7) is 4.75.